The number of carbonyl (C=O) groups excluding carboxylic acids is 1. The highest BCUT2D eigenvalue weighted by Gasteiger charge is 2.11. The molecule has 0 aromatic heterocycles. The first-order chi connectivity index (χ1) is 8.13. The Kier molecular flexibility index (Phi) is 9.71. The van der Waals surface area contributed by atoms with Crippen molar-refractivity contribution in [2.75, 3.05) is 19.8 Å². The van der Waals surface area contributed by atoms with Crippen LogP contribution in [0.15, 0.2) is 12.2 Å². The van der Waals surface area contributed by atoms with Gasteiger partial charge >= 0.3 is 5.97 Å². The van der Waals surface area contributed by atoms with Crippen molar-refractivity contribution in [1.29, 1.82) is 0 Å². The van der Waals surface area contributed by atoms with E-state index in [-0.39, 0.29) is 13.2 Å². The topological polar surface area (TPSA) is 65.0 Å². The van der Waals surface area contributed by atoms with Crippen molar-refractivity contribution in [3.63, 3.8) is 0 Å². The summed E-state index contributed by atoms with van der Waals surface area (Å²) in [6, 6.07) is 0. The van der Waals surface area contributed by atoms with Crippen LogP contribution in [0.3, 0.4) is 0 Å². The number of ether oxygens (including phenoxy) is 3. The molecular formula is C12H21O5. The lowest BCUT2D eigenvalue weighted by Gasteiger charge is -2.18. The first kappa shape index (κ1) is 16.1. The van der Waals surface area contributed by atoms with Crippen LogP contribution in [0.2, 0.25) is 0 Å². The number of carbonyl (C=O) groups is 1. The quantitative estimate of drug-likeness (QED) is 0.374. The fourth-order valence-corrected chi connectivity index (χ4v) is 1.03. The Morgan fingerprint density at radius 1 is 1.41 bits per heavy atom. The van der Waals surface area contributed by atoms with Gasteiger partial charge in [0.2, 0.25) is 0 Å². The zero-order valence-corrected chi connectivity index (χ0v) is 10.4. The molecule has 0 amide bonds. The summed E-state index contributed by atoms with van der Waals surface area (Å²) < 4.78 is 15.2. The van der Waals surface area contributed by atoms with Crippen LogP contribution < -0.4 is 0 Å². The summed E-state index contributed by atoms with van der Waals surface area (Å²) in [6.07, 6.45) is 2.02. The molecule has 1 radical (unpaired) electrons. The van der Waals surface area contributed by atoms with E-state index in [0.29, 0.717) is 13.0 Å². The van der Waals surface area contributed by atoms with Gasteiger partial charge in [0.25, 0.3) is 0 Å². The first-order valence-corrected chi connectivity index (χ1v) is 5.64. The number of hydrogen-bond acceptors (Lipinski definition) is 5. The Morgan fingerprint density at radius 2 is 2.12 bits per heavy atom. The second-order valence-electron chi connectivity index (χ2n) is 3.29. The highest BCUT2D eigenvalue weighted by molar-refractivity contribution is 5.81. The molecule has 17 heavy (non-hydrogen) atoms. The van der Waals surface area contributed by atoms with Crippen LogP contribution in [-0.4, -0.2) is 43.3 Å². The third-order valence-corrected chi connectivity index (χ3v) is 1.78. The zero-order valence-electron chi connectivity index (χ0n) is 10.4. The molecule has 5 nitrogen and oxygen atoms in total. The molecule has 2 atom stereocenters. The molecule has 0 saturated heterocycles. The lowest BCUT2D eigenvalue weighted by molar-refractivity contribution is -0.162. The molecule has 0 aliphatic heterocycles. The lowest BCUT2D eigenvalue weighted by Crippen LogP contribution is -2.27. The van der Waals surface area contributed by atoms with E-state index >= 15 is 0 Å². The van der Waals surface area contributed by atoms with Gasteiger partial charge in [-0.2, -0.15) is 0 Å². The molecule has 5 heteroatoms. The van der Waals surface area contributed by atoms with Gasteiger partial charge in [0.05, 0.1) is 6.61 Å². The highest BCUT2D eigenvalue weighted by Crippen LogP contribution is 2.01. The van der Waals surface area contributed by atoms with Crippen LogP contribution in [-0.2, 0) is 19.0 Å². The maximum absolute atomic E-state index is 10.9. The van der Waals surface area contributed by atoms with Gasteiger partial charge in [0.1, 0.15) is 12.7 Å². The molecule has 2 unspecified atom stereocenters. The van der Waals surface area contributed by atoms with Gasteiger partial charge in [-0.1, -0.05) is 6.08 Å². The number of aliphatic hydroxyl groups excluding tert-OH is 1. The Morgan fingerprint density at radius 3 is 2.65 bits per heavy atom. The summed E-state index contributed by atoms with van der Waals surface area (Å²) in [7, 11) is 0. The van der Waals surface area contributed by atoms with Crippen molar-refractivity contribution < 1.29 is 24.1 Å². The second-order valence-corrected chi connectivity index (χ2v) is 3.29. The van der Waals surface area contributed by atoms with E-state index in [4.69, 9.17) is 14.2 Å². The first-order valence-electron chi connectivity index (χ1n) is 5.64. The van der Waals surface area contributed by atoms with E-state index in [2.05, 4.69) is 6.92 Å². The highest BCUT2D eigenvalue weighted by atomic mass is 16.7. The molecule has 1 N–H and O–H groups in total. The molecular weight excluding hydrogens is 224 g/mol. The summed E-state index contributed by atoms with van der Waals surface area (Å²) in [6.45, 7) is 7.68. The van der Waals surface area contributed by atoms with Crippen LogP contribution >= 0.6 is 0 Å². The SMILES string of the molecule is [CH2]CC(OCC)OCC(O)COC(=O)C=CC. The van der Waals surface area contributed by atoms with Crippen LogP contribution in [0.25, 0.3) is 0 Å². The molecule has 99 valence electrons. The minimum absolute atomic E-state index is 0.0449. The van der Waals surface area contributed by atoms with Crippen molar-refractivity contribution in [3.8, 4) is 0 Å². The average Bonchev–Trinajstić information content (AvgIpc) is 2.32. The number of aliphatic hydroxyl groups is 1. The van der Waals surface area contributed by atoms with E-state index in [1.807, 2.05) is 6.92 Å². The lowest BCUT2D eigenvalue weighted by atomic mass is 10.4. The van der Waals surface area contributed by atoms with Gasteiger partial charge in [-0.25, -0.2) is 4.79 Å². The van der Waals surface area contributed by atoms with Gasteiger partial charge in [-0.3, -0.25) is 0 Å². The molecule has 0 aliphatic rings. The van der Waals surface area contributed by atoms with Crippen molar-refractivity contribution in [3.05, 3.63) is 19.1 Å². The molecule has 0 heterocycles. The van der Waals surface area contributed by atoms with Gasteiger partial charge in [-0.05, 0) is 27.2 Å². The van der Waals surface area contributed by atoms with Crippen LogP contribution in [0.1, 0.15) is 20.3 Å². The summed E-state index contributed by atoms with van der Waals surface area (Å²) in [5, 5.41) is 9.48. The largest absolute Gasteiger partial charge is 0.460 e. The van der Waals surface area contributed by atoms with E-state index in [1.54, 1.807) is 13.0 Å². The van der Waals surface area contributed by atoms with E-state index in [1.165, 1.54) is 6.08 Å². The van der Waals surface area contributed by atoms with Crippen molar-refractivity contribution >= 4 is 5.97 Å². The molecule has 0 spiro atoms. The third kappa shape index (κ3) is 8.85. The average molecular weight is 245 g/mol. The van der Waals surface area contributed by atoms with Crippen LogP contribution in [0.5, 0.6) is 0 Å². The van der Waals surface area contributed by atoms with Crippen LogP contribution in [0.4, 0.5) is 0 Å². The maximum atomic E-state index is 10.9. The molecule has 0 fully saturated rings. The molecule has 0 saturated carbocycles. The summed E-state index contributed by atoms with van der Waals surface area (Å²) in [5.74, 6) is -0.481. The molecule has 0 aromatic rings. The standard InChI is InChI=1S/C12H21O5/c1-4-7-11(14)16-8-10(13)9-17-12(5-2)15-6-3/h4,7,10,12-13H,2,5-6,8-9H2,1,3H3. The number of esters is 1. The minimum Gasteiger partial charge on any atom is -0.460 e. The summed E-state index contributed by atoms with van der Waals surface area (Å²) in [5.41, 5.74) is 0. The molecule has 0 aromatic carbocycles. The Bertz CT molecular complexity index is 227. The van der Waals surface area contributed by atoms with E-state index < -0.39 is 18.4 Å². The van der Waals surface area contributed by atoms with Gasteiger partial charge in [0, 0.05) is 12.7 Å². The zero-order chi connectivity index (χ0) is 13.1. The predicted molar refractivity (Wildman–Crippen MR) is 63.1 cm³/mol. The summed E-state index contributed by atoms with van der Waals surface area (Å²) in [4.78, 5) is 10.9. The molecule has 0 rings (SSSR count). The fraction of sp³-hybridized carbons (Fsp3) is 0.667. The number of hydrogen-bond donors (Lipinski definition) is 1. The van der Waals surface area contributed by atoms with Gasteiger partial charge in [-0.15, -0.1) is 0 Å². The Labute approximate surface area is 102 Å². The number of allylic oxidation sites excluding steroid dienone is 1. The Hall–Kier alpha value is -0.910. The monoisotopic (exact) mass is 245 g/mol. The molecule has 0 aliphatic carbocycles. The minimum atomic E-state index is -0.862. The van der Waals surface area contributed by atoms with Gasteiger partial charge in [0.15, 0.2) is 6.29 Å². The fourth-order valence-electron chi connectivity index (χ4n) is 1.03. The van der Waals surface area contributed by atoms with Gasteiger partial charge < -0.3 is 19.3 Å². The second kappa shape index (κ2) is 10.3. The number of rotatable bonds is 9. The van der Waals surface area contributed by atoms with E-state index in [9.17, 15) is 9.90 Å². The normalized spacial score (nSPS) is 14.8. The van der Waals surface area contributed by atoms with E-state index in [0.717, 1.165) is 0 Å². The van der Waals surface area contributed by atoms with Crippen molar-refractivity contribution in [1.82, 2.24) is 0 Å². The smallest absolute Gasteiger partial charge is 0.330 e. The van der Waals surface area contributed by atoms with Crippen molar-refractivity contribution in [2.24, 2.45) is 0 Å². The third-order valence-electron chi connectivity index (χ3n) is 1.78. The van der Waals surface area contributed by atoms with Crippen molar-refractivity contribution in [2.45, 2.75) is 32.7 Å². The Balaban J connectivity index is 3.70. The summed E-state index contributed by atoms with van der Waals surface area (Å²) >= 11 is 0. The predicted octanol–water partition coefficient (Wildman–Crippen LogP) is 1.07. The maximum Gasteiger partial charge on any atom is 0.330 e. The van der Waals surface area contributed by atoms with Crippen LogP contribution in [0, 0.1) is 6.92 Å². The molecule has 0 bridgehead atoms.